The summed E-state index contributed by atoms with van der Waals surface area (Å²) >= 11 is 0. The Morgan fingerprint density at radius 3 is 2.74 bits per heavy atom. The first kappa shape index (κ1) is 11.4. The van der Waals surface area contributed by atoms with E-state index in [0.29, 0.717) is 23.0 Å². The van der Waals surface area contributed by atoms with Crippen molar-refractivity contribution in [1.29, 1.82) is 0 Å². The maximum atomic E-state index is 12.9. The third kappa shape index (κ3) is 2.18. The molecule has 0 amide bonds. The third-order valence-corrected chi connectivity index (χ3v) is 2.63. The van der Waals surface area contributed by atoms with E-state index in [0.717, 1.165) is 0 Å². The Kier molecular flexibility index (Phi) is 2.73. The van der Waals surface area contributed by atoms with Crippen molar-refractivity contribution in [1.82, 2.24) is 14.4 Å². The summed E-state index contributed by atoms with van der Waals surface area (Å²) in [6, 6.07) is 5.99. The highest BCUT2D eigenvalue weighted by Crippen LogP contribution is 2.20. The molecule has 3 rings (SSSR count). The summed E-state index contributed by atoms with van der Waals surface area (Å²) in [5, 5.41) is 3.08. The lowest BCUT2D eigenvalue weighted by molar-refractivity contribution is 0.628. The molecule has 6 nitrogen and oxygen atoms in total. The fourth-order valence-electron chi connectivity index (χ4n) is 1.76. The standard InChI is InChI=1S/C12H11FN6/c13-8-1-3-9(4-2-8)16-11-12-15-5-6-19(12)7-10(17-11)18-14/h1-7,18H,14H2,(H,16,17). The summed E-state index contributed by atoms with van der Waals surface area (Å²) in [6.07, 6.45) is 5.17. The van der Waals surface area contributed by atoms with Gasteiger partial charge in [-0.3, -0.25) is 0 Å². The van der Waals surface area contributed by atoms with Crippen LogP contribution in [-0.2, 0) is 0 Å². The van der Waals surface area contributed by atoms with Crippen LogP contribution in [-0.4, -0.2) is 14.4 Å². The molecule has 96 valence electrons. The molecule has 0 aliphatic carbocycles. The van der Waals surface area contributed by atoms with Crippen LogP contribution >= 0.6 is 0 Å². The summed E-state index contributed by atoms with van der Waals surface area (Å²) in [4.78, 5) is 8.49. The van der Waals surface area contributed by atoms with Gasteiger partial charge in [-0.15, -0.1) is 0 Å². The van der Waals surface area contributed by atoms with Gasteiger partial charge in [0.15, 0.2) is 17.3 Å². The smallest absolute Gasteiger partial charge is 0.180 e. The van der Waals surface area contributed by atoms with Gasteiger partial charge in [0.1, 0.15) is 5.82 Å². The van der Waals surface area contributed by atoms with Crippen molar-refractivity contribution in [3.05, 3.63) is 48.7 Å². The van der Waals surface area contributed by atoms with Gasteiger partial charge in [0.2, 0.25) is 0 Å². The Bertz CT molecular complexity index is 706. The number of nitrogens with zero attached hydrogens (tertiary/aromatic N) is 3. The van der Waals surface area contributed by atoms with E-state index in [4.69, 9.17) is 5.84 Å². The number of nitrogens with two attached hydrogens (primary N) is 1. The van der Waals surface area contributed by atoms with Crippen LogP contribution in [0.4, 0.5) is 21.7 Å². The molecule has 0 saturated heterocycles. The number of anilines is 3. The van der Waals surface area contributed by atoms with Crippen molar-refractivity contribution in [2.45, 2.75) is 0 Å². The second-order valence-corrected chi connectivity index (χ2v) is 3.91. The minimum atomic E-state index is -0.290. The Morgan fingerprint density at radius 1 is 1.21 bits per heavy atom. The predicted octanol–water partition coefficient (Wildman–Crippen LogP) is 1.90. The van der Waals surface area contributed by atoms with Crippen LogP contribution in [0.25, 0.3) is 5.65 Å². The molecule has 4 N–H and O–H groups in total. The maximum absolute atomic E-state index is 12.9. The molecule has 3 aromatic rings. The molecule has 0 unspecified atom stereocenters. The van der Waals surface area contributed by atoms with Crippen LogP contribution in [0.15, 0.2) is 42.9 Å². The summed E-state index contributed by atoms with van der Waals surface area (Å²) in [7, 11) is 0. The summed E-state index contributed by atoms with van der Waals surface area (Å²) in [5.41, 5.74) is 3.86. The average molecular weight is 258 g/mol. The van der Waals surface area contributed by atoms with Gasteiger partial charge in [-0.2, -0.15) is 0 Å². The summed E-state index contributed by atoms with van der Waals surface area (Å²) in [5.74, 6) is 6.11. The highest BCUT2D eigenvalue weighted by molar-refractivity contribution is 5.71. The highest BCUT2D eigenvalue weighted by atomic mass is 19.1. The number of hydrogen-bond acceptors (Lipinski definition) is 5. The van der Waals surface area contributed by atoms with Crippen LogP contribution in [0.3, 0.4) is 0 Å². The fraction of sp³-hybridized carbons (Fsp3) is 0. The molecule has 0 aliphatic rings. The van der Waals surface area contributed by atoms with Gasteiger partial charge in [-0.1, -0.05) is 0 Å². The first-order chi connectivity index (χ1) is 9.26. The number of nitrogen functional groups attached to an aromatic ring is 1. The number of aromatic nitrogens is 3. The number of hydrogen-bond donors (Lipinski definition) is 3. The van der Waals surface area contributed by atoms with Crippen molar-refractivity contribution in [3.8, 4) is 0 Å². The molecule has 0 fully saturated rings. The van der Waals surface area contributed by atoms with Crippen LogP contribution < -0.4 is 16.6 Å². The van der Waals surface area contributed by atoms with Crippen molar-refractivity contribution in [2.24, 2.45) is 5.84 Å². The first-order valence-electron chi connectivity index (χ1n) is 5.59. The second kappa shape index (κ2) is 4.54. The normalized spacial score (nSPS) is 10.6. The molecular formula is C12H11FN6. The molecular weight excluding hydrogens is 247 g/mol. The Morgan fingerprint density at radius 2 is 2.00 bits per heavy atom. The van der Waals surface area contributed by atoms with Gasteiger partial charge in [-0.05, 0) is 24.3 Å². The van der Waals surface area contributed by atoms with Crippen molar-refractivity contribution < 1.29 is 4.39 Å². The molecule has 0 saturated carbocycles. The zero-order valence-electron chi connectivity index (χ0n) is 9.84. The van der Waals surface area contributed by atoms with E-state index < -0.39 is 0 Å². The van der Waals surface area contributed by atoms with Gasteiger partial charge >= 0.3 is 0 Å². The molecule has 19 heavy (non-hydrogen) atoms. The lowest BCUT2D eigenvalue weighted by atomic mass is 10.3. The lowest BCUT2D eigenvalue weighted by Gasteiger charge is -2.09. The Hall–Kier alpha value is -2.67. The minimum absolute atomic E-state index is 0.290. The Balaban J connectivity index is 2.03. The van der Waals surface area contributed by atoms with Gasteiger partial charge in [0.05, 0.1) is 6.20 Å². The van der Waals surface area contributed by atoms with Crippen LogP contribution in [0.2, 0.25) is 0 Å². The van der Waals surface area contributed by atoms with E-state index in [9.17, 15) is 4.39 Å². The second-order valence-electron chi connectivity index (χ2n) is 3.91. The predicted molar refractivity (Wildman–Crippen MR) is 70.5 cm³/mol. The van der Waals surface area contributed by atoms with Crippen LogP contribution in [0, 0.1) is 5.82 Å². The largest absolute Gasteiger partial charge is 0.337 e. The number of imidazole rings is 1. The van der Waals surface area contributed by atoms with Gasteiger partial charge in [0, 0.05) is 18.1 Å². The monoisotopic (exact) mass is 258 g/mol. The van der Waals surface area contributed by atoms with Gasteiger partial charge in [-0.25, -0.2) is 20.2 Å². The number of nitrogens with one attached hydrogen (secondary N) is 2. The zero-order chi connectivity index (χ0) is 13.2. The molecule has 1 aromatic carbocycles. The van der Waals surface area contributed by atoms with E-state index in [2.05, 4.69) is 20.7 Å². The number of rotatable bonds is 3. The number of halogens is 1. The number of fused-ring (bicyclic) bond motifs is 1. The SMILES string of the molecule is NNc1cn2ccnc2c(Nc2ccc(F)cc2)n1. The fourth-order valence-corrected chi connectivity index (χ4v) is 1.76. The molecule has 0 bridgehead atoms. The minimum Gasteiger partial charge on any atom is -0.337 e. The van der Waals surface area contributed by atoms with Crippen molar-refractivity contribution in [3.63, 3.8) is 0 Å². The van der Waals surface area contributed by atoms with E-state index in [1.54, 1.807) is 35.1 Å². The van der Waals surface area contributed by atoms with Crippen molar-refractivity contribution in [2.75, 3.05) is 10.7 Å². The first-order valence-corrected chi connectivity index (χ1v) is 5.59. The average Bonchev–Trinajstić information content (AvgIpc) is 2.89. The van der Waals surface area contributed by atoms with E-state index in [1.165, 1.54) is 12.1 Å². The maximum Gasteiger partial charge on any atom is 0.180 e. The van der Waals surface area contributed by atoms with Crippen LogP contribution in [0.5, 0.6) is 0 Å². The molecule has 0 spiro atoms. The number of benzene rings is 1. The quantitative estimate of drug-likeness (QED) is 0.494. The molecule has 0 atom stereocenters. The molecule has 0 radical (unpaired) electrons. The molecule has 2 heterocycles. The number of hydrazine groups is 1. The molecule has 0 aliphatic heterocycles. The highest BCUT2D eigenvalue weighted by Gasteiger charge is 2.07. The van der Waals surface area contributed by atoms with Gasteiger partial charge < -0.3 is 15.1 Å². The zero-order valence-corrected chi connectivity index (χ0v) is 9.84. The molecule has 7 heteroatoms. The van der Waals surface area contributed by atoms with E-state index in [-0.39, 0.29) is 5.82 Å². The lowest BCUT2D eigenvalue weighted by Crippen LogP contribution is -2.11. The van der Waals surface area contributed by atoms with Gasteiger partial charge in [0.25, 0.3) is 0 Å². The molecule has 2 aromatic heterocycles. The van der Waals surface area contributed by atoms with E-state index in [1.807, 2.05) is 0 Å². The summed E-state index contributed by atoms with van der Waals surface area (Å²) < 4.78 is 14.6. The van der Waals surface area contributed by atoms with E-state index >= 15 is 0 Å². The topological polar surface area (TPSA) is 80.3 Å². The van der Waals surface area contributed by atoms with Crippen LogP contribution in [0.1, 0.15) is 0 Å². The van der Waals surface area contributed by atoms with Crippen molar-refractivity contribution >= 4 is 23.0 Å². The Labute approximate surface area is 108 Å². The third-order valence-electron chi connectivity index (χ3n) is 2.63. The summed E-state index contributed by atoms with van der Waals surface area (Å²) in [6.45, 7) is 0.